The van der Waals surface area contributed by atoms with Gasteiger partial charge in [-0.3, -0.25) is 9.48 Å². The Balaban J connectivity index is 2.66. The largest absolute Gasteiger partial charge is 0.351 e. The van der Waals surface area contributed by atoms with Crippen LogP contribution in [0.3, 0.4) is 0 Å². The second-order valence-electron chi connectivity index (χ2n) is 9.39. The lowest BCUT2D eigenvalue weighted by atomic mass is 9.81. The van der Waals surface area contributed by atoms with E-state index in [2.05, 4.69) is 70.5 Å². The highest BCUT2D eigenvalue weighted by Crippen LogP contribution is 2.27. The zero-order valence-electron chi connectivity index (χ0n) is 17.2. The van der Waals surface area contributed by atoms with E-state index in [4.69, 9.17) is 0 Å². The number of hydrogen-bond acceptors (Lipinski definition) is 2. The molecule has 0 fully saturated rings. The van der Waals surface area contributed by atoms with Crippen molar-refractivity contribution in [3.05, 3.63) is 17.0 Å². The van der Waals surface area contributed by atoms with Crippen molar-refractivity contribution in [2.24, 2.45) is 11.3 Å². The van der Waals surface area contributed by atoms with Gasteiger partial charge in [-0.15, -0.1) is 0 Å². The Morgan fingerprint density at radius 3 is 2.25 bits per heavy atom. The van der Waals surface area contributed by atoms with Crippen molar-refractivity contribution in [1.82, 2.24) is 15.1 Å². The van der Waals surface area contributed by atoms with Crippen molar-refractivity contribution in [3.63, 3.8) is 0 Å². The summed E-state index contributed by atoms with van der Waals surface area (Å²) in [7, 11) is 0. The van der Waals surface area contributed by atoms with Gasteiger partial charge in [0, 0.05) is 24.2 Å². The Bertz CT molecular complexity index is 562. The van der Waals surface area contributed by atoms with Gasteiger partial charge in [0.05, 0.1) is 5.69 Å². The van der Waals surface area contributed by atoms with Crippen LogP contribution in [0.15, 0.2) is 0 Å². The molecular weight excluding hydrogens is 298 g/mol. The molecule has 0 unspecified atom stereocenters. The van der Waals surface area contributed by atoms with Crippen molar-refractivity contribution >= 4 is 5.91 Å². The van der Waals surface area contributed by atoms with E-state index in [-0.39, 0.29) is 16.9 Å². The minimum Gasteiger partial charge on any atom is -0.351 e. The van der Waals surface area contributed by atoms with Crippen LogP contribution in [-0.2, 0) is 17.8 Å². The molecule has 1 aromatic heterocycles. The minimum atomic E-state index is -0.179. The zero-order valence-corrected chi connectivity index (χ0v) is 17.2. The maximum absolute atomic E-state index is 12.4. The van der Waals surface area contributed by atoms with Crippen molar-refractivity contribution in [2.75, 3.05) is 0 Å². The average molecular weight is 336 g/mol. The third-order valence-electron chi connectivity index (χ3n) is 4.12. The van der Waals surface area contributed by atoms with Crippen molar-refractivity contribution in [1.29, 1.82) is 0 Å². The first-order valence-corrected chi connectivity index (χ1v) is 9.14. The third kappa shape index (κ3) is 6.66. The molecule has 1 N–H and O–H groups in total. The molecule has 24 heavy (non-hydrogen) atoms. The summed E-state index contributed by atoms with van der Waals surface area (Å²) in [6.07, 6.45) is 2.23. The van der Waals surface area contributed by atoms with Crippen LogP contribution in [0.25, 0.3) is 0 Å². The van der Waals surface area contributed by atoms with Crippen molar-refractivity contribution in [2.45, 2.75) is 93.7 Å². The molecule has 138 valence electrons. The van der Waals surface area contributed by atoms with Gasteiger partial charge in [-0.1, -0.05) is 34.6 Å². The number of aryl methyl sites for hydroxylation is 1. The summed E-state index contributed by atoms with van der Waals surface area (Å²) in [4.78, 5) is 12.4. The van der Waals surface area contributed by atoms with Gasteiger partial charge >= 0.3 is 0 Å². The highest BCUT2D eigenvalue weighted by Gasteiger charge is 2.27. The van der Waals surface area contributed by atoms with E-state index in [0.717, 1.165) is 25.1 Å². The molecular formula is C20H37N3O. The van der Waals surface area contributed by atoms with Crippen LogP contribution < -0.4 is 5.32 Å². The standard InChI is InChI=1S/C20H37N3O/c1-14(2)12-23-16(4)17(15(3)22-23)10-11-18(24)21-20(8,9)13-19(5,6)7/h14H,10-13H2,1-9H3,(H,21,24). The Morgan fingerprint density at radius 2 is 1.75 bits per heavy atom. The highest BCUT2D eigenvalue weighted by molar-refractivity contribution is 5.77. The molecule has 4 nitrogen and oxygen atoms in total. The molecule has 0 aromatic carbocycles. The lowest BCUT2D eigenvalue weighted by Gasteiger charge is -2.33. The first kappa shape index (κ1) is 20.7. The fourth-order valence-electron chi connectivity index (χ4n) is 3.67. The average Bonchev–Trinajstić information content (AvgIpc) is 2.57. The first-order chi connectivity index (χ1) is 10.8. The number of hydrogen-bond donors (Lipinski definition) is 1. The maximum Gasteiger partial charge on any atom is 0.220 e. The molecule has 0 saturated carbocycles. The number of carbonyl (C=O) groups excluding carboxylic acids is 1. The van der Waals surface area contributed by atoms with E-state index < -0.39 is 0 Å². The molecule has 0 saturated heterocycles. The molecule has 4 heteroatoms. The van der Waals surface area contributed by atoms with Gasteiger partial charge in [0.25, 0.3) is 0 Å². The van der Waals surface area contributed by atoms with Crippen LogP contribution in [0.4, 0.5) is 0 Å². The molecule has 1 heterocycles. The Kier molecular flexibility index (Phi) is 6.66. The quantitative estimate of drug-likeness (QED) is 0.802. The van der Waals surface area contributed by atoms with E-state index in [9.17, 15) is 4.79 Å². The number of nitrogens with one attached hydrogen (secondary N) is 1. The molecule has 0 radical (unpaired) electrons. The molecule has 1 amide bonds. The van der Waals surface area contributed by atoms with Gasteiger partial charge < -0.3 is 5.32 Å². The normalized spacial score (nSPS) is 12.8. The number of aromatic nitrogens is 2. The van der Waals surface area contributed by atoms with Gasteiger partial charge in [0.1, 0.15) is 0 Å². The smallest absolute Gasteiger partial charge is 0.220 e. The van der Waals surface area contributed by atoms with Gasteiger partial charge in [-0.05, 0) is 57.4 Å². The fourth-order valence-corrected chi connectivity index (χ4v) is 3.67. The summed E-state index contributed by atoms with van der Waals surface area (Å²) in [5.74, 6) is 0.692. The molecule has 1 rings (SSSR count). The Morgan fingerprint density at radius 1 is 1.17 bits per heavy atom. The molecule has 0 aliphatic heterocycles. The van der Waals surface area contributed by atoms with Gasteiger partial charge in [-0.2, -0.15) is 5.10 Å². The van der Waals surface area contributed by atoms with E-state index >= 15 is 0 Å². The highest BCUT2D eigenvalue weighted by atomic mass is 16.1. The predicted octanol–water partition coefficient (Wildman–Crippen LogP) is 4.42. The summed E-state index contributed by atoms with van der Waals surface area (Å²) in [6, 6.07) is 0. The summed E-state index contributed by atoms with van der Waals surface area (Å²) in [5, 5.41) is 7.83. The van der Waals surface area contributed by atoms with Crippen molar-refractivity contribution < 1.29 is 4.79 Å². The number of nitrogens with zero attached hydrogens (tertiary/aromatic N) is 2. The van der Waals surface area contributed by atoms with Crippen LogP contribution in [-0.4, -0.2) is 21.2 Å². The van der Waals surface area contributed by atoms with Crippen LogP contribution in [0.1, 0.15) is 78.3 Å². The van der Waals surface area contributed by atoms with Crippen LogP contribution in [0, 0.1) is 25.2 Å². The topological polar surface area (TPSA) is 46.9 Å². The number of amides is 1. The fraction of sp³-hybridized carbons (Fsp3) is 0.800. The molecule has 0 spiro atoms. The van der Waals surface area contributed by atoms with E-state index in [1.54, 1.807) is 0 Å². The van der Waals surface area contributed by atoms with E-state index in [1.165, 1.54) is 11.3 Å². The number of carbonyl (C=O) groups is 1. The monoisotopic (exact) mass is 335 g/mol. The van der Waals surface area contributed by atoms with Crippen LogP contribution in [0.2, 0.25) is 0 Å². The molecule has 0 aliphatic carbocycles. The van der Waals surface area contributed by atoms with Gasteiger partial charge in [0.2, 0.25) is 5.91 Å². The third-order valence-corrected chi connectivity index (χ3v) is 4.12. The lowest BCUT2D eigenvalue weighted by Crippen LogP contribution is -2.45. The maximum atomic E-state index is 12.4. The summed E-state index contributed by atoms with van der Waals surface area (Å²) >= 11 is 0. The summed E-state index contributed by atoms with van der Waals surface area (Å²) in [5.41, 5.74) is 3.49. The SMILES string of the molecule is Cc1nn(CC(C)C)c(C)c1CCC(=O)NC(C)(C)CC(C)(C)C. The number of rotatable bonds is 7. The predicted molar refractivity (Wildman–Crippen MR) is 101 cm³/mol. The Labute approximate surface area is 148 Å². The van der Waals surface area contributed by atoms with Crippen molar-refractivity contribution in [3.8, 4) is 0 Å². The van der Waals surface area contributed by atoms with E-state index in [1.807, 2.05) is 6.92 Å². The minimum absolute atomic E-state index is 0.125. The second kappa shape index (κ2) is 7.71. The van der Waals surface area contributed by atoms with Crippen LogP contribution in [0.5, 0.6) is 0 Å². The Hall–Kier alpha value is -1.32. The van der Waals surface area contributed by atoms with Gasteiger partial charge in [0.15, 0.2) is 0 Å². The lowest BCUT2D eigenvalue weighted by molar-refractivity contribution is -0.122. The molecule has 0 atom stereocenters. The first-order valence-electron chi connectivity index (χ1n) is 9.14. The van der Waals surface area contributed by atoms with Gasteiger partial charge in [-0.25, -0.2) is 0 Å². The zero-order chi connectivity index (χ0) is 18.7. The molecule has 0 aliphatic rings. The van der Waals surface area contributed by atoms with E-state index in [0.29, 0.717) is 12.3 Å². The summed E-state index contributed by atoms with van der Waals surface area (Å²) < 4.78 is 2.08. The van der Waals surface area contributed by atoms with Crippen LogP contribution >= 0.6 is 0 Å². The summed E-state index contributed by atoms with van der Waals surface area (Å²) in [6.45, 7) is 20.3. The molecule has 1 aromatic rings. The second-order valence-corrected chi connectivity index (χ2v) is 9.39. The molecule has 0 bridgehead atoms.